The van der Waals surface area contributed by atoms with Crippen LogP contribution in [0.15, 0.2) is 34.7 Å². The number of carboxylic acid groups (broad SMARTS) is 1. The first-order valence-corrected chi connectivity index (χ1v) is 11.6. The summed E-state index contributed by atoms with van der Waals surface area (Å²) in [5.74, 6) is -5.15. The Labute approximate surface area is 224 Å². The first kappa shape index (κ1) is 28.4. The average Bonchev–Trinajstić information content (AvgIpc) is 2.89. The number of hydrogen-bond acceptors (Lipinski definition) is 13. The monoisotopic (exact) mass is 565 g/mol. The standard InChI is InChI=1S/C25H24O15/c1-36-15-3-9(2-13(28)20(15)32)24-16(6-11-12(27)4-10(26)5-14(11)38-24)39-25-23(35)22(34)21(33)17(40-25)8-37-19(31)7-18(29)30/h2-6,17,21-23,25,33-35H,7-8H2,1H3,(H4-,26,27,28,29,30,32)/p+1. The smallest absolute Gasteiger partial charge is 0.402 e. The van der Waals surface area contributed by atoms with Crippen LogP contribution in [0.2, 0.25) is 0 Å². The van der Waals surface area contributed by atoms with Crippen LogP contribution in [0.3, 0.4) is 0 Å². The van der Waals surface area contributed by atoms with E-state index in [9.17, 15) is 45.3 Å². The van der Waals surface area contributed by atoms with Gasteiger partial charge in [-0.25, -0.2) is 4.42 Å². The summed E-state index contributed by atoms with van der Waals surface area (Å²) in [6.07, 6.45) is -9.69. The molecule has 0 radical (unpaired) electrons. The number of esters is 1. The predicted molar refractivity (Wildman–Crippen MR) is 130 cm³/mol. The predicted octanol–water partition coefficient (Wildman–Crippen LogP) is 0.416. The van der Waals surface area contributed by atoms with Gasteiger partial charge < -0.3 is 59.8 Å². The van der Waals surface area contributed by atoms with E-state index < -0.39 is 72.9 Å². The lowest BCUT2D eigenvalue weighted by Crippen LogP contribution is -2.60. The summed E-state index contributed by atoms with van der Waals surface area (Å²) in [4.78, 5) is 22.3. The summed E-state index contributed by atoms with van der Waals surface area (Å²) in [5, 5.41) is 80.4. The molecule has 0 bridgehead atoms. The summed E-state index contributed by atoms with van der Waals surface area (Å²) in [6, 6.07) is 5.77. The molecule has 8 N–H and O–H groups in total. The van der Waals surface area contributed by atoms with Gasteiger partial charge in [0.2, 0.25) is 17.8 Å². The van der Waals surface area contributed by atoms with Crippen LogP contribution in [-0.2, 0) is 19.1 Å². The molecule has 15 nitrogen and oxygen atoms in total. The number of rotatable bonds is 8. The third kappa shape index (κ3) is 5.72. The van der Waals surface area contributed by atoms with Crippen LogP contribution in [0.5, 0.6) is 34.5 Å². The number of aliphatic hydroxyl groups excluding tert-OH is 3. The molecule has 1 saturated heterocycles. The minimum absolute atomic E-state index is 0.0246. The van der Waals surface area contributed by atoms with Crippen molar-refractivity contribution in [1.82, 2.24) is 0 Å². The van der Waals surface area contributed by atoms with E-state index in [1.165, 1.54) is 25.3 Å². The van der Waals surface area contributed by atoms with E-state index in [-0.39, 0.29) is 39.5 Å². The Hall–Kier alpha value is -4.57. The molecular weight excluding hydrogens is 540 g/mol. The molecule has 0 spiro atoms. The molecule has 214 valence electrons. The largest absolute Gasteiger partial charge is 0.507 e. The Kier molecular flexibility index (Phi) is 8.01. The lowest BCUT2D eigenvalue weighted by molar-refractivity contribution is -0.278. The summed E-state index contributed by atoms with van der Waals surface area (Å²) in [5.41, 5.74) is 0.00656. The Morgan fingerprint density at radius 2 is 1.65 bits per heavy atom. The fourth-order valence-electron chi connectivity index (χ4n) is 3.98. The van der Waals surface area contributed by atoms with Crippen LogP contribution in [0.1, 0.15) is 6.42 Å². The lowest BCUT2D eigenvalue weighted by atomic mass is 9.99. The van der Waals surface area contributed by atoms with E-state index in [4.69, 9.17) is 28.5 Å². The van der Waals surface area contributed by atoms with Crippen molar-refractivity contribution in [2.24, 2.45) is 0 Å². The minimum atomic E-state index is -1.87. The zero-order valence-corrected chi connectivity index (χ0v) is 20.6. The second-order valence-corrected chi connectivity index (χ2v) is 8.75. The summed E-state index contributed by atoms with van der Waals surface area (Å²) >= 11 is 0. The number of fused-ring (bicyclic) bond motifs is 1. The quantitative estimate of drug-likeness (QED) is 0.0798. The third-order valence-electron chi connectivity index (χ3n) is 5.97. The molecule has 0 saturated carbocycles. The fourth-order valence-corrected chi connectivity index (χ4v) is 3.98. The van der Waals surface area contributed by atoms with Gasteiger partial charge in [0.15, 0.2) is 11.5 Å². The van der Waals surface area contributed by atoms with E-state index in [2.05, 4.69) is 0 Å². The molecule has 2 aromatic carbocycles. The molecule has 1 aromatic heterocycles. The molecule has 1 aliphatic heterocycles. The van der Waals surface area contributed by atoms with Crippen molar-refractivity contribution in [2.75, 3.05) is 13.7 Å². The molecular formula is C25H25O15+. The van der Waals surface area contributed by atoms with Gasteiger partial charge in [-0.15, -0.1) is 0 Å². The lowest BCUT2D eigenvalue weighted by Gasteiger charge is -2.39. The number of carbonyl (C=O) groups excluding carboxylic acids is 1. The first-order valence-electron chi connectivity index (χ1n) is 11.6. The highest BCUT2D eigenvalue weighted by Crippen LogP contribution is 2.45. The second kappa shape index (κ2) is 11.3. The highest BCUT2D eigenvalue weighted by atomic mass is 16.7. The number of aliphatic hydroxyl groups is 3. The van der Waals surface area contributed by atoms with Crippen LogP contribution in [0.4, 0.5) is 0 Å². The number of ether oxygens (including phenoxy) is 4. The number of aliphatic carboxylic acids is 1. The zero-order chi connectivity index (χ0) is 29.3. The Balaban J connectivity index is 1.74. The molecule has 5 unspecified atom stereocenters. The number of carbonyl (C=O) groups is 2. The first-order chi connectivity index (χ1) is 18.9. The van der Waals surface area contributed by atoms with Crippen molar-refractivity contribution in [3.63, 3.8) is 0 Å². The van der Waals surface area contributed by atoms with Gasteiger partial charge in [-0.05, 0) is 0 Å². The normalized spacial score (nSPS) is 22.6. The van der Waals surface area contributed by atoms with Crippen molar-refractivity contribution < 1.29 is 73.8 Å². The Bertz CT molecular complexity index is 1440. The van der Waals surface area contributed by atoms with Crippen LogP contribution < -0.4 is 9.47 Å². The van der Waals surface area contributed by atoms with Gasteiger partial charge >= 0.3 is 23.3 Å². The van der Waals surface area contributed by atoms with Gasteiger partial charge in [0, 0.05) is 24.3 Å². The molecule has 1 aliphatic rings. The Morgan fingerprint density at radius 1 is 0.925 bits per heavy atom. The van der Waals surface area contributed by atoms with Gasteiger partial charge in [0.1, 0.15) is 54.3 Å². The van der Waals surface area contributed by atoms with Crippen LogP contribution in [0, 0.1) is 0 Å². The van der Waals surface area contributed by atoms with E-state index in [1.54, 1.807) is 0 Å². The molecule has 5 atom stereocenters. The van der Waals surface area contributed by atoms with Gasteiger partial charge in [-0.2, -0.15) is 0 Å². The van der Waals surface area contributed by atoms with Gasteiger partial charge in [0.25, 0.3) is 0 Å². The van der Waals surface area contributed by atoms with Crippen molar-refractivity contribution in [3.05, 3.63) is 30.3 Å². The van der Waals surface area contributed by atoms with E-state index in [0.29, 0.717) is 0 Å². The third-order valence-corrected chi connectivity index (χ3v) is 5.97. The molecule has 40 heavy (non-hydrogen) atoms. The van der Waals surface area contributed by atoms with E-state index in [0.717, 1.165) is 12.1 Å². The molecule has 0 aliphatic carbocycles. The molecule has 1 fully saturated rings. The van der Waals surface area contributed by atoms with Crippen molar-refractivity contribution in [2.45, 2.75) is 37.1 Å². The number of hydrogen-bond donors (Lipinski definition) is 8. The molecule has 3 aromatic rings. The van der Waals surface area contributed by atoms with Crippen molar-refractivity contribution in [1.29, 1.82) is 0 Å². The van der Waals surface area contributed by atoms with E-state index >= 15 is 0 Å². The fraction of sp³-hybridized carbons (Fsp3) is 0.320. The number of benzene rings is 2. The highest BCUT2D eigenvalue weighted by Gasteiger charge is 2.46. The topological polar surface area (TPSA) is 244 Å². The van der Waals surface area contributed by atoms with Gasteiger partial charge in [-0.1, -0.05) is 0 Å². The van der Waals surface area contributed by atoms with Gasteiger partial charge in [-0.3, -0.25) is 9.59 Å². The maximum absolute atomic E-state index is 11.6. The highest BCUT2D eigenvalue weighted by molar-refractivity contribution is 5.90. The van der Waals surface area contributed by atoms with Crippen molar-refractivity contribution >= 4 is 22.9 Å². The summed E-state index contributed by atoms with van der Waals surface area (Å²) in [7, 11) is 1.23. The van der Waals surface area contributed by atoms with Crippen LogP contribution in [-0.4, -0.2) is 97.2 Å². The molecule has 2 heterocycles. The molecule has 4 rings (SSSR count). The number of phenolic OH excluding ortho intramolecular Hbond substituents is 4. The molecule has 15 heteroatoms. The molecule has 0 amide bonds. The van der Waals surface area contributed by atoms with Crippen molar-refractivity contribution in [3.8, 4) is 45.8 Å². The SMILES string of the molecule is COc1cc(-c2[o+]c3cc(O)cc(O)c3cc2OC2OC(COC(=O)CC(=O)O)C(O)C(O)C2O)cc(O)c1O. The summed E-state index contributed by atoms with van der Waals surface area (Å²) in [6.45, 7) is -0.699. The minimum Gasteiger partial charge on any atom is -0.507 e. The number of phenols is 4. The number of carboxylic acids is 1. The number of aromatic hydroxyl groups is 4. The Morgan fingerprint density at radius 3 is 2.33 bits per heavy atom. The maximum atomic E-state index is 11.6. The maximum Gasteiger partial charge on any atom is 0.402 e. The van der Waals surface area contributed by atoms with Crippen LogP contribution >= 0.6 is 0 Å². The van der Waals surface area contributed by atoms with Crippen LogP contribution in [0.25, 0.3) is 22.3 Å². The second-order valence-electron chi connectivity index (χ2n) is 8.75. The summed E-state index contributed by atoms with van der Waals surface area (Å²) < 4.78 is 27.0. The van der Waals surface area contributed by atoms with E-state index in [1.807, 2.05) is 0 Å². The zero-order valence-electron chi connectivity index (χ0n) is 20.6. The average molecular weight is 565 g/mol. The number of methoxy groups -OCH3 is 1. The van der Waals surface area contributed by atoms with Gasteiger partial charge in [0.05, 0.1) is 18.7 Å².